The van der Waals surface area contributed by atoms with Crippen molar-refractivity contribution >= 4 is 28.4 Å². The summed E-state index contributed by atoms with van der Waals surface area (Å²) in [5, 5.41) is 10.4. The van der Waals surface area contributed by atoms with Gasteiger partial charge in [0.25, 0.3) is 5.91 Å². The molecule has 0 spiro atoms. The molecule has 5 nitrogen and oxygen atoms in total. The largest absolute Gasteiger partial charge is 0.354 e. The van der Waals surface area contributed by atoms with Crippen molar-refractivity contribution in [3.63, 3.8) is 0 Å². The third-order valence-corrected chi connectivity index (χ3v) is 4.83. The minimum Gasteiger partial charge on any atom is -0.354 e. The number of aryl methyl sites for hydroxylation is 1. The molecule has 2 aromatic carbocycles. The van der Waals surface area contributed by atoms with E-state index in [9.17, 15) is 9.18 Å². The molecule has 0 aliphatic heterocycles. The van der Waals surface area contributed by atoms with E-state index in [1.165, 1.54) is 12.3 Å². The van der Waals surface area contributed by atoms with Crippen LogP contribution in [-0.4, -0.2) is 21.1 Å². The van der Waals surface area contributed by atoms with Gasteiger partial charge in [-0.05, 0) is 42.3 Å². The lowest BCUT2D eigenvalue weighted by atomic mass is 10.0. The minimum absolute atomic E-state index is 0.234. The Balaban J connectivity index is 1.61. The van der Waals surface area contributed by atoms with Crippen LogP contribution in [0.3, 0.4) is 0 Å². The maximum absolute atomic E-state index is 14.2. The molecule has 0 aliphatic carbocycles. The average molecular weight is 383 g/mol. The van der Waals surface area contributed by atoms with Crippen LogP contribution in [0.1, 0.15) is 21.6 Å². The van der Waals surface area contributed by atoms with Gasteiger partial charge in [-0.15, -0.1) is 0 Å². The molecule has 0 saturated heterocycles. The SMILES string of the molecule is Cc1c(-c2ccccc2F)[nH]c2ccc(CNC(=O)c3[nH]ncc3Cl)cc12. The summed E-state index contributed by atoms with van der Waals surface area (Å²) in [7, 11) is 0. The lowest BCUT2D eigenvalue weighted by Gasteiger charge is -2.05. The molecule has 0 bridgehead atoms. The highest BCUT2D eigenvalue weighted by molar-refractivity contribution is 6.33. The van der Waals surface area contributed by atoms with Crippen molar-refractivity contribution in [3.8, 4) is 11.3 Å². The van der Waals surface area contributed by atoms with E-state index < -0.39 is 0 Å². The van der Waals surface area contributed by atoms with Crippen LogP contribution in [0.4, 0.5) is 4.39 Å². The number of hydrogen-bond donors (Lipinski definition) is 3. The van der Waals surface area contributed by atoms with E-state index in [0.29, 0.717) is 12.1 Å². The smallest absolute Gasteiger partial charge is 0.271 e. The topological polar surface area (TPSA) is 73.6 Å². The number of carbonyl (C=O) groups excluding carboxylic acids is 1. The van der Waals surface area contributed by atoms with Gasteiger partial charge in [0, 0.05) is 23.0 Å². The van der Waals surface area contributed by atoms with Gasteiger partial charge >= 0.3 is 0 Å². The Morgan fingerprint density at radius 1 is 1.26 bits per heavy atom. The van der Waals surface area contributed by atoms with Crippen molar-refractivity contribution < 1.29 is 9.18 Å². The minimum atomic E-state index is -0.324. The molecule has 2 aromatic heterocycles. The van der Waals surface area contributed by atoms with E-state index in [1.54, 1.807) is 12.1 Å². The summed E-state index contributed by atoms with van der Waals surface area (Å²) in [6.45, 7) is 2.29. The quantitative estimate of drug-likeness (QED) is 0.483. The molecule has 0 radical (unpaired) electrons. The summed E-state index contributed by atoms with van der Waals surface area (Å²) in [4.78, 5) is 15.4. The zero-order valence-corrected chi connectivity index (χ0v) is 15.2. The number of hydrogen-bond acceptors (Lipinski definition) is 2. The van der Waals surface area contributed by atoms with E-state index in [2.05, 4.69) is 20.5 Å². The van der Waals surface area contributed by atoms with Crippen molar-refractivity contribution in [1.29, 1.82) is 0 Å². The second-order valence-electron chi connectivity index (χ2n) is 6.26. The summed E-state index contributed by atoms with van der Waals surface area (Å²) in [6, 6.07) is 12.5. The molecule has 3 N–H and O–H groups in total. The summed E-state index contributed by atoms with van der Waals surface area (Å²) in [5.41, 5.74) is 4.33. The normalized spacial score (nSPS) is 11.1. The number of rotatable bonds is 4. The van der Waals surface area contributed by atoms with E-state index in [0.717, 1.165) is 27.7 Å². The summed E-state index contributed by atoms with van der Waals surface area (Å²) in [6.07, 6.45) is 1.38. The molecule has 4 aromatic rings. The number of aromatic amines is 2. The summed E-state index contributed by atoms with van der Waals surface area (Å²) in [5.74, 6) is -0.591. The van der Waals surface area contributed by atoms with Gasteiger partial charge in [0.1, 0.15) is 11.5 Å². The number of fused-ring (bicyclic) bond motifs is 1. The van der Waals surface area contributed by atoms with E-state index in [1.807, 2.05) is 31.2 Å². The number of halogens is 2. The predicted octanol–water partition coefficient (Wildman–Crippen LogP) is 4.59. The Labute approximate surface area is 159 Å². The molecule has 1 amide bonds. The average Bonchev–Trinajstić information content (AvgIpc) is 3.24. The van der Waals surface area contributed by atoms with Crippen LogP contribution in [0.25, 0.3) is 22.2 Å². The zero-order chi connectivity index (χ0) is 19.0. The van der Waals surface area contributed by atoms with Gasteiger partial charge < -0.3 is 10.3 Å². The van der Waals surface area contributed by atoms with Crippen LogP contribution in [0, 0.1) is 12.7 Å². The second kappa shape index (κ2) is 6.89. The van der Waals surface area contributed by atoms with Gasteiger partial charge in [0.15, 0.2) is 0 Å². The summed E-state index contributed by atoms with van der Waals surface area (Å²) < 4.78 is 14.2. The Morgan fingerprint density at radius 2 is 2.07 bits per heavy atom. The Morgan fingerprint density at radius 3 is 2.81 bits per heavy atom. The van der Waals surface area contributed by atoms with Gasteiger partial charge in [-0.3, -0.25) is 9.89 Å². The molecule has 0 atom stereocenters. The predicted molar refractivity (Wildman–Crippen MR) is 103 cm³/mol. The van der Waals surface area contributed by atoms with Crippen LogP contribution in [0.5, 0.6) is 0 Å². The van der Waals surface area contributed by atoms with Crippen LogP contribution in [-0.2, 0) is 6.54 Å². The first-order chi connectivity index (χ1) is 13.0. The van der Waals surface area contributed by atoms with E-state index in [-0.39, 0.29) is 22.4 Å². The lowest BCUT2D eigenvalue weighted by molar-refractivity contribution is 0.0946. The Bertz CT molecular complexity index is 1150. The first-order valence-electron chi connectivity index (χ1n) is 8.38. The monoisotopic (exact) mass is 382 g/mol. The van der Waals surface area contributed by atoms with Crippen LogP contribution in [0.15, 0.2) is 48.7 Å². The van der Waals surface area contributed by atoms with Gasteiger partial charge in [-0.1, -0.05) is 29.8 Å². The molecule has 0 unspecified atom stereocenters. The van der Waals surface area contributed by atoms with Crippen LogP contribution >= 0.6 is 11.6 Å². The molecule has 0 fully saturated rings. The molecular weight excluding hydrogens is 367 g/mol. The second-order valence-corrected chi connectivity index (χ2v) is 6.67. The van der Waals surface area contributed by atoms with Gasteiger partial charge in [0.05, 0.1) is 16.9 Å². The molecule has 7 heteroatoms. The van der Waals surface area contributed by atoms with Crippen molar-refractivity contribution in [2.24, 2.45) is 0 Å². The first-order valence-corrected chi connectivity index (χ1v) is 8.75. The highest BCUT2D eigenvalue weighted by Crippen LogP contribution is 2.31. The van der Waals surface area contributed by atoms with Gasteiger partial charge in [0.2, 0.25) is 0 Å². The van der Waals surface area contributed by atoms with E-state index >= 15 is 0 Å². The third-order valence-electron chi connectivity index (χ3n) is 4.54. The number of aromatic nitrogens is 3. The summed E-state index contributed by atoms with van der Waals surface area (Å²) >= 11 is 5.90. The highest BCUT2D eigenvalue weighted by Gasteiger charge is 2.14. The van der Waals surface area contributed by atoms with Crippen molar-refractivity contribution in [2.45, 2.75) is 13.5 Å². The van der Waals surface area contributed by atoms with E-state index in [4.69, 9.17) is 11.6 Å². The van der Waals surface area contributed by atoms with Crippen molar-refractivity contribution in [1.82, 2.24) is 20.5 Å². The van der Waals surface area contributed by atoms with Crippen molar-refractivity contribution in [2.75, 3.05) is 0 Å². The zero-order valence-electron chi connectivity index (χ0n) is 14.4. The lowest BCUT2D eigenvalue weighted by Crippen LogP contribution is -2.23. The van der Waals surface area contributed by atoms with Crippen LogP contribution in [0.2, 0.25) is 5.02 Å². The molecule has 136 valence electrons. The van der Waals surface area contributed by atoms with Gasteiger partial charge in [-0.2, -0.15) is 5.10 Å². The molecule has 27 heavy (non-hydrogen) atoms. The number of amides is 1. The fraction of sp³-hybridized carbons (Fsp3) is 0.100. The Kier molecular flexibility index (Phi) is 4.41. The third kappa shape index (κ3) is 3.19. The van der Waals surface area contributed by atoms with Crippen molar-refractivity contribution in [3.05, 3.63) is 76.3 Å². The molecule has 0 aliphatic rings. The van der Waals surface area contributed by atoms with Crippen LogP contribution < -0.4 is 5.32 Å². The molecule has 4 rings (SSSR count). The standard InChI is InChI=1S/C20H16ClFN4O/c1-11-14-8-12(9-23-20(27)19-15(21)10-24-26-19)6-7-17(14)25-18(11)13-4-2-3-5-16(13)22/h2-8,10,25H,9H2,1H3,(H,23,27)(H,24,26). The maximum atomic E-state index is 14.2. The molecule has 2 heterocycles. The first kappa shape index (κ1) is 17.3. The number of H-pyrrole nitrogens is 2. The number of nitrogens with zero attached hydrogens (tertiary/aromatic N) is 1. The molecular formula is C20H16ClFN4O. The maximum Gasteiger partial charge on any atom is 0.271 e. The molecule has 0 saturated carbocycles. The number of carbonyl (C=O) groups is 1. The fourth-order valence-electron chi connectivity index (χ4n) is 3.12. The number of benzene rings is 2. The highest BCUT2D eigenvalue weighted by atomic mass is 35.5. The number of nitrogens with one attached hydrogen (secondary N) is 3. The fourth-order valence-corrected chi connectivity index (χ4v) is 3.30. The Hall–Kier alpha value is -3.12. The van der Waals surface area contributed by atoms with Gasteiger partial charge in [-0.25, -0.2) is 4.39 Å².